The third-order valence-electron chi connectivity index (χ3n) is 7.28. The van der Waals surface area contributed by atoms with Crippen LogP contribution < -0.4 is 10.1 Å². The van der Waals surface area contributed by atoms with E-state index in [1.807, 2.05) is 0 Å². The average molecular weight is 414 g/mol. The van der Waals surface area contributed by atoms with Crippen molar-refractivity contribution in [1.29, 1.82) is 0 Å². The molecule has 30 heavy (non-hydrogen) atoms. The number of hydrogen-bond donors (Lipinski definition) is 1. The highest BCUT2D eigenvalue weighted by Gasteiger charge is 2.54. The molecule has 4 saturated carbocycles. The number of methoxy groups -OCH3 is 1. The maximum absolute atomic E-state index is 13.1. The smallest absolute Gasteiger partial charge is 0.328 e. The highest BCUT2D eigenvalue weighted by molar-refractivity contribution is 5.94. The van der Waals surface area contributed by atoms with Gasteiger partial charge in [0.05, 0.1) is 7.11 Å². The van der Waals surface area contributed by atoms with Gasteiger partial charge in [0, 0.05) is 16.5 Å². The van der Waals surface area contributed by atoms with Gasteiger partial charge in [-0.15, -0.1) is 0 Å². The Hall–Kier alpha value is -2.37. The summed E-state index contributed by atoms with van der Waals surface area (Å²) in [6.45, 7) is 3.14. The molecule has 0 spiro atoms. The van der Waals surface area contributed by atoms with E-state index in [0.717, 1.165) is 19.3 Å². The van der Waals surface area contributed by atoms with Gasteiger partial charge in [-0.2, -0.15) is 0 Å². The lowest BCUT2D eigenvalue weighted by Crippen LogP contribution is -2.55. The summed E-state index contributed by atoms with van der Waals surface area (Å²) in [6.07, 6.45) is 6.69. The van der Waals surface area contributed by atoms with Gasteiger partial charge in [0.1, 0.15) is 18.4 Å². The van der Waals surface area contributed by atoms with E-state index < -0.39 is 12.0 Å². The van der Waals surface area contributed by atoms with E-state index in [4.69, 9.17) is 9.47 Å². The van der Waals surface area contributed by atoms with Crippen LogP contribution in [0.15, 0.2) is 18.2 Å². The summed E-state index contributed by atoms with van der Waals surface area (Å²) >= 11 is 0. The van der Waals surface area contributed by atoms with Gasteiger partial charge in [-0.1, -0.05) is 0 Å². The summed E-state index contributed by atoms with van der Waals surface area (Å²) in [5.41, 5.74) is 0.866. The number of hydrogen-bond acceptors (Lipinski definition) is 5. The Labute approximate surface area is 177 Å². The molecule has 1 atom stereocenters. The third-order valence-corrected chi connectivity index (χ3v) is 7.28. The van der Waals surface area contributed by atoms with Crippen molar-refractivity contribution in [2.24, 2.45) is 23.2 Å². The zero-order chi connectivity index (χ0) is 21.5. The second-order valence-electron chi connectivity index (χ2n) is 9.58. The maximum atomic E-state index is 13.1. The fourth-order valence-corrected chi connectivity index (χ4v) is 6.18. The second-order valence-corrected chi connectivity index (χ2v) is 9.58. The van der Waals surface area contributed by atoms with Gasteiger partial charge >= 0.3 is 5.97 Å². The van der Waals surface area contributed by atoms with Crippen LogP contribution in [0.2, 0.25) is 0 Å². The zero-order valence-electron chi connectivity index (χ0n) is 18.0. The first-order valence-corrected chi connectivity index (χ1v) is 10.9. The van der Waals surface area contributed by atoms with Gasteiger partial charge < -0.3 is 14.8 Å². The summed E-state index contributed by atoms with van der Waals surface area (Å²) < 4.78 is 10.7. The molecule has 0 aromatic heterocycles. The minimum Gasteiger partial charge on any atom is -0.496 e. The Balaban J connectivity index is 1.36. The van der Waals surface area contributed by atoms with E-state index in [9.17, 15) is 14.4 Å². The average Bonchev–Trinajstić information content (AvgIpc) is 2.70. The third kappa shape index (κ3) is 3.96. The highest BCUT2D eigenvalue weighted by atomic mass is 16.5. The van der Waals surface area contributed by atoms with E-state index in [1.54, 1.807) is 25.1 Å². The van der Waals surface area contributed by atoms with E-state index >= 15 is 0 Å². The van der Waals surface area contributed by atoms with Crippen LogP contribution in [0.25, 0.3) is 0 Å². The first-order valence-electron chi connectivity index (χ1n) is 10.9. The van der Waals surface area contributed by atoms with Gasteiger partial charge in [-0.05, 0) is 88.3 Å². The number of rotatable bonds is 7. The first-order chi connectivity index (χ1) is 14.3. The Morgan fingerprint density at radius 2 is 1.70 bits per heavy atom. The molecule has 1 N–H and O–H groups in total. The molecule has 1 aromatic carbocycles. The van der Waals surface area contributed by atoms with E-state index in [-0.39, 0.29) is 23.7 Å². The van der Waals surface area contributed by atoms with Gasteiger partial charge in [0.2, 0.25) is 5.91 Å². The molecule has 0 unspecified atom stereocenters. The zero-order valence-corrected chi connectivity index (χ0v) is 18.0. The highest BCUT2D eigenvalue weighted by Crippen LogP contribution is 2.60. The lowest BCUT2D eigenvalue weighted by molar-refractivity contribution is -0.154. The minimum atomic E-state index is -0.715. The van der Waals surface area contributed by atoms with Gasteiger partial charge in [0.25, 0.3) is 0 Å². The van der Waals surface area contributed by atoms with Crippen molar-refractivity contribution >= 4 is 17.7 Å². The van der Waals surface area contributed by atoms with E-state index in [0.29, 0.717) is 34.6 Å². The van der Waals surface area contributed by atoms with Crippen molar-refractivity contribution < 1.29 is 23.9 Å². The summed E-state index contributed by atoms with van der Waals surface area (Å²) in [7, 11) is 1.53. The van der Waals surface area contributed by atoms with Crippen LogP contribution in [0.4, 0.5) is 0 Å². The van der Waals surface area contributed by atoms with Crippen LogP contribution >= 0.6 is 0 Å². The molecular weight excluding hydrogens is 382 g/mol. The summed E-state index contributed by atoms with van der Waals surface area (Å²) in [4.78, 5) is 37.3. The van der Waals surface area contributed by atoms with Crippen molar-refractivity contribution in [3.8, 4) is 5.75 Å². The number of carbonyl (C=O) groups excluding carboxylic acids is 3. The van der Waals surface area contributed by atoms with Crippen LogP contribution in [0.1, 0.15) is 68.3 Å². The molecule has 4 aliphatic carbocycles. The normalized spacial score (nSPS) is 29.9. The van der Waals surface area contributed by atoms with Crippen LogP contribution in [-0.2, 0) is 20.9 Å². The van der Waals surface area contributed by atoms with Crippen molar-refractivity contribution in [3.63, 3.8) is 0 Å². The molecule has 1 aromatic rings. The minimum absolute atomic E-state index is 0.0132. The SMILES string of the molecule is COc1ccc(C(C)=O)cc1COC(=O)[C@H](C)NC(=O)C12CC3CC(CC(C3)C1)C2. The molecule has 0 aliphatic heterocycles. The summed E-state index contributed by atoms with van der Waals surface area (Å²) in [6, 6.07) is 4.33. The predicted molar refractivity (Wildman–Crippen MR) is 111 cm³/mol. The Kier molecular flexibility index (Phi) is 5.60. The van der Waals surface area contributed by atoms with Crippen molar-refractivity contribution in [2.75, 3.05) is 7.11 Å². The molecule has 4 aliphatic rings. The standard InChI is InChI=1S/C24H31NO5/c1-14(22(27)30-13-20-9-19(15(2)26)4-5-21(20)29-3)25-23(28)24-10-16-6-17(11-24)8-18(7-16)12-24/h4-5,9,14,16-18H,6-8,10-13H2,1-3H3,(H,25,28)/t14-,16?,17?,18?,24?/m0/s1. The molecule has 4 fully saturated rings. The Morgan fingerprint density at radius 1 is 1.10 bits per heavy atom. The molecule has 5 rings (SSSR count). The fraction of sp³-hybridized carbons (Fsp3) is 0.625. The fourth-order valence-electron chi connectivity index (χ4n) is 6.18. The molecule has 6 nitrogen and oxygen atoms in total. The largest absolute Gasteiger partial charge is 0.496 e. The van der Waals surface area contributed by atoms with Crippen molar-refractivity contribution in [1.82, 2.24) is 5.32 Å². The number of ketones is 1. The molecule has 6 heteroatoms. The molecule has 0 radical (unpaired) electrons. The van der Waals surface area contributed by atoms with Crippen molar-refractivity contribution in [3.05, 3.63) is 29.3 Å². The molecular formula is C24H31NO5. The lowest BCUT2D eigenvalue weighted by atomic mass is 9.49. The monoisotopic (exact) mass is 413 g/mol. The topological polar surface area (TPSA) is 81.7 Å². The number of ether oxygens (including phenoxy) is 2. The van der Waals surface area contributed by atoms with Gasteiger partial charge in [0.15, 0.2) is 5.78 Å². The first kappa shape index (κ1) is 20.9. The number of esters is 1. The molecule has 0 saturated heterocycles. The number of carbonyl (C=O) groups is 3. The molecule has 162 valence electrons. The number of amides is 1. The van der Waals surface area contributed by atoms with Crippen LogP contribution in [0, 0.1) is 23.2 Å². The number of nitrogens with one attached hydrogen (secondary N) is 1. The predicted octanol–water partition coefficient (Wildman–Crippen LogP) is 3.66. The number of benzene rings is 1. The second kappa shape index (κ2) is 8.05. The number of Topliss-reactive ketones (excluding diaryl/α,β-unsaturated/α-hetero) is 1. The lowest BCUT2D eigenvalue weighted by Gasteiger charge is -2.55. The van der Waals surface area contributed by atoms with Gasteiger partial charge in [-0.25, -0.2) is 4.79 Å². The van der Waals surface area contributed by atoms with E-state index in [1.165, 1.54) is 33.3 Å². The quantitative estimate of drug-likeness (QED) is 0.545. The Morgan fingerprint density at radius 3 is 2.23 bits per heavy atom. The Bertz CT molecular complexity index is 826. The van der Waals surface area contributed by atoms with Crippen LogP contribution in [0.5, 0.6) is 5.75 Å². The van der Waals surface area contributed by atoms with Crippen molar-refractivity contribution in [2.45, 2.75) is 65.0 Å². The molecule has 4 bridgehead atoms. The molecule has 1 amide bonds. The summed E-state index contributed by atoms with van der Waals surface area (Å²) in [5, 5.41) is 2.93. The summed E-state index contributed by atoms with van der Waals surface area (Å²) in [5.74, 6) is 2.03. The van der Waals surface area contributed by atoms with E-state index in [2.05, 4.69) is 5.32 Å². The van der Waals surface area contributed by atoms with Crippen LogP contribution in [0.3, 0.4) is 0 Å². The molecule has 0 heterocycles. The van der Waals surface area contributed by atoms with Crippen LogP contribution in [-0.4, -0.2) is 30.8 Å². The van der Waals surface area contributed by atoms with Gasteiger partial charge in [-0.3, -0.25) is 9.59 Å². The maximum Gasteiger partial charge on any atom is 0.328 e.